The summed E-state index contributed by atoms with van der Waals surface area (Å²) in [5, 5.41) is 17.3. The maximum Gasteiger partial charge on any atom is 0.208 e. The normalized spacial score (nSPS) is 13.0. The summed E-state index contributed by atoms with van der Waals surface area (Å²) < 4.78 is 24.4. The van der Waals surface area contributed by atoms with Crippen molar-refractivity contribution in [2.24, 2.45) is 4.99 Å². The summed E-state index contributed by atoms with van der Waals surface area (Å²) in [4.78, 5) is 4.32. The Labute approximate surface area is 182 Å². The predicted molar refractivity (Wildman–Crippen MR) is 118 cm³/mol. The van der Waals surface area contributed by atoms with E-state index in [0.717, 1.165) is 6.26 Å². The Morgan fingerprint density at radius 1 is 1.19 bits per heavy atom. The van der Waals surface area contributed by atoms with Crippen LogP contribution in [0.3, 0.4) is 0 Å². The van der Waals surface area contributed by atoms with Gasteiger partial charge in [-0.1, -0.05) is 23.2 Å². The van der Waals surface area contributed by atoms with E-state index in [1.807, 2.05) is 6.92 Å². The average Bonchev–Trinajstić information content (AvgIpc) is 2.49. The van der Waals surface area contributed by atoms with Gasteiger partial charge in [-0.05, 0) is 37.1 Å². The first-order valence-electron chi connectivity index (χ1n) is 7.82. The van der Waals surface area contributed by atoms with Gasteiger partial charge in [0.25, 0.3) is 0 Å². The number of rotatable bonds is 9. The molecule has 1 unspecified atom stereocenters. The van der Waals surface area contributed by atoms with Gasteiger partial charge in [0.1, 0.15) is 0 Å². The molecule has 0 amide bonds. The molecular formula is C15H25Cl2IN4O3S. The molecule has 26 heavy (non-hydrogen) atoms. The molecule has 0 fully saturated rings. The molecule has 0 aliphatic heterocycles. The van der Waals surface area contributed by atoms with E-state index in [1.165, 1.54) is 0 Å². The van der Waals surface area contributed by atoms with Gasteiger partial charge in [-0.15, -0.1) is 24.0 Å². The third kappa shape index (κ3) is 11.4. The van der Waals surface area contributed by atoms with Crippen molar-refractivity contribution in [1.82, 2.24) is 15.4 Å². The molecule has 0 heterocycles. The standard InChI is InChI=1S/C15H24Cl2N4O3S.HI/c1-3-18-15(19-5-4-6-21-25(2,23)24)20-10-14(22)11-7-12(16)9-13(17)8-11;/h7-9,14,21-22H,3-6,10H2,1-2H3,(H2,18,19,20);1H. The van der Waals surface area contributed by atoms with E-state index in [1.54, 1.807) is 18.2 Å². The molecule has 0 saturated carbocycles. The molecule has 4 N–H and O–H groups in total. The van der Waals surface area contributed by atoms with Crippen molar-refractivity contribution in [1.29, 1.82) is 0 Å². The Morgan fingerprint density at radius 2 is 1.81 bits per heavy atom. The van der Waals surface area contributed by atoms with Crippen LogP contribution in [0.1, 0.15) is 25.0 Å². The third-order valence-electron chi connectivity index (χ3n) is 3.05. The first kappa shape index (κ1) is 25.7. The van der Waals surface area contributed by atoms with Crippen molar-refractivity contribution in [3.05, 3.63) is 33.8 Å². The minimum Gasteiger partial charge on any atom is -0.386 e. The van der Waals surface area contributed by atoms with Crippen molar-refractivity contribution < 1.29 is 13.5 Å². The molecule has 0 saturated heterocycles. The fourth-order valence-electron chi connectivity index (χ4n) is 1.95. The molecule has 1 aromatic carbocycles. The van der Waals surface area contributed by atoms with Gasteiger partial charge in [-0.25, -0.2) is 13.1 Å². The van der Waals surface area contributed by atoms with E-state index in [0.29, 0.717) is 47.6 Å². The van der Waals surface area contributed by atoms with Crippen LogP contribution < -0.4 is 15.4 Å². The van der Waals surface area contributed by atoms with Crippen LogP contribution in [-0.2, 0) is 10.0 Å². The van der Waals surface area contributed by atoms with Crippen molar-refractivity contribution >= 4 is 63.2 Å². The molecule has 0 radical (unpaired) electrons. The zero-order chi connectivity index (χ0) is 18.9. The van der Waals surface area contributed by atoms with Crippen LogP contribution in [0.25, 0.3) is 0 Å². The highest BCUT2D eigenvalue weighted by molar-refractivity contribution is 14.0. The average molecular weight is 539 g/mol. The molecule has 0 bridgehead atoms. The highest BCUT2D eigenvalue weighted by Crippen LogP contribution is 2.23. The molecule has 7 nitrogen and oxygen atoms in total. The van der Waals surface area contributed by atoms with E-state index < -0.39 is 16.1 Å². The largest absolute Gasteiger partial charge is 0.386 e. The molecule has 0 aromatic heterocycles. The third-order valence-corrected chi connectivity index (χ3v) is 4.21. The van der Waals surface area contributed by atoms with Crippen molar-refractivity contribution in [2.75, 3.05) is 32.4 Å². The molecule has 1 aromatic rings. The molecule has 150 valence electrons. The quantitative estimate of drug-likeness (QED) is 0.167. The smallest absolute Gasteiger partial charge is 0.208 e. The first-order valence-corrected chi connectivity index (χ1v) is 10.5. The second-order valence-electron chi connectivity index (χ2n) is 5.39. The van der Waals surface area contributed by atoms with Crippen LogP contribution in [-0.4, -0.2) is 51.9 Å². The lowest BCUT2D eigenvalue weighted by Crippen LogP contribution is -2.39. The minimum atomic E-state index is -3.17. The lowest BCUT2D eigenvalue weighted by molar-refractivity contribution is 0.187. The van der Waals surface area contributed by atoms with Crippen LogP contribution in [0, 0.1) is 0 Å². The van der Waals surface area contributed by atoms with Crippen molar-refractivity contribution in [3.8, 4) is 0 Å². The molecule has 11 heteroatoms. The highest BCUT2D eigenvalue weighted by atomic mass is 127. The van der Waals surface area contributed by atoms with Crippen LogP contribution in [0.15, 0.2) is 23.2 Å². The molecule has 0 aliphatic rings. The Balaban J connectivity index is 0.00000625. The fourth-order valence-corrected chi connectivity index (χ4v) is 3.00. The molecule has 0 aliphatic carbocycles. The van der Waals surface area contributed by atoms with Crippen LogP contribution in [0.4, 0.5) is 0 Å². The lowest BCUT2D eigenvalue weighted by atomic mass is 10.1. The van der Waals surface area contributed by atoms with Gasteiger partial charge in [-0.3, -0.25) is 4.99 Å². The number of nitrogens with zero attached hydrogens (tertiary/aromatic N) is 1. The molecule has 1 rings (SSSR count). The Kier molecular flexibility index (Phi) is 12.8. The number of benzene rings is 1. The van der Waals surface area contributed by atoms with Gasteiger partial charge >= 0.3 is 0 Å². The maximum absolute atomic E-state index is 11.0. The number of guanidine groups is 1. The topological polar surface area (TPSA) is 103 Å². The van der Waals surface area contributed by atoms with Crippen molar-refractivity contribution in [2.45, 2.75) is 19.4 Å². The summed E-state index contributed by atoms with van der Waals surface area (Å²) in [6.07, 6.45) is 0.887. The van der Waals surface area contributed by atoms with Crippen molar-refractivity contribution in [3.63, 3.8) is 0 Å². The number of hydrogen-bond donors (Lipinski definition) is 4. The van der Waals surface area contributed by atoms with Gasteiger partial charge in [-0.2, -0.15) is 0 Å². The lowest BCUT2D eigenvalue weighted by Gasteiger charge is -2.14. The number of hydrogen-bond acceptors (Lipinski definition) is 4. The SMILES string of the molecule is CCNC(=NCC(O)c1cc(Cl)cc(Cl)c1)NCCCNS(C)(=O)=O.I. The summed E-state index contributed by atoms with van der Waals surface area (Å²) in [5.74, 6) is 0.536. The second-order valence-corrected chi connectivity index (χ2v) is 8.09. The van der Waals surface area contributed by atoms with E-state index in [-0.39, 0.29) is 30.5 Å². The molecule has 1 atom stereocenters. The number of aliphatic hydroxyl groups is 1. The number of nitrogens with one attached hydrogen (secondary N) is 3. The predicted octanol–water partition coefficient (Wildman–Crippen LogP) is 2.14. The van der Waals surface area contributed by atoms with E-state index in [9.17, 15) is 13.5 Å². The molecular weight excluding hydrogens is 514 g/mol. The van der Waals surface area contributed by atoms with E-state index in [2.05, 4.69) is 20.3 Å². The highest BCUT2D eigenvalue weighted by Gasteiger charge is 2.09. The van der Waals surface area contributed by atoms with Gasteiger partial charge in [0.15, 0.2) is 5.96 Å². The number of halogens is 3. The summed E-state index contributed by atoms with van der Waals surface area (Å²) in [7, 11) is -3.17. The zero-order valence-electron chi connectivity index (χ0n) is 14.6. The fraction of sp³-hybridized carbons (Fsp3) is 0.533. The maximum atomic E-state index is 11.0. The summed E-state index contributed by atoms with van der Waals surface area (Å²) in [5.41, 5.74) is 0.592. The van der Waals surface area contributed by atoms with Gasteiger partial charge in [0, 0.05) is 29.7 Å². The minimum absolute atomic E-state index is 0. The Morgan fingerprint density at radius 3 is 2.35 bits per heavy atom. The number of aliphatic imine (C=N–C) groups is 1. The van der Waals surface area contributed by atoms with Gasteiger partial charge < -0.3 is 15.7 Å². The summed E-state index contributed by atoms with van der Waals surface area (Å²) >= 11 is 11.9. The second kappa shape index (κ2) is 12.9. The van der Waals surface area contributed by atoms with Crippen LogP contribution in [0.5, 0.6) is 0 Å². The van der Waals surface area contributed by atoms with Gasteiger partial charge in [0.05, 0.1) is 18.9 Å². The Hall–Kier alpha value is -0.330. The zero-order valence-corrected chi connectivity index (χ0v) is 19.3. The van der Waals surface area contributed by atoms with Crippen LogP contribution in [0.2, 0.25) is 10.0 Å². The number of sulfonamides is 1. The summed E-state index contributed by atoms with van der Waals surface area (Å²) in [6.45, 7) is 3.60. The first-order chi connectivity index (χ1) is 11.7. The van der Waals surface area contributed by atoms with Gasteiger partial charge in [0.2, 0.25) is 10.0 Å². The molecule has 0 spiro atoms. The number of aliphatic hydroxyl groups excluding tert-OH is 1. The van der Waals surface area contributed by atoms with Crippen LogP contribution >= 0.6 is 47.2 Å². The monoisotopic (exact) mass is 538 g/mol. The Bertz CT molecular complexity index is 669. The van der Waals surface area contributed by atoms with E-state index in [4.69, 9.17) is 23.2 Å². The summed E-state index contributed by atoms with van der Waals surface area (Å²) in [6, 6.07) is 4.88. The van der Waals surface area contributed by atoms with E-state index >= 15 is 0 Å².